The van der Waals surface area contributed by atoms with Gasteiger partial charge >= 0.3 is 11.9 Å². The first-order valence-electron chi connectivity index (χ1n) is 10.7. The monoisotopic (exact) mass is 508 g/mol. The minimum Gasteiger partial charge on any atom is -0.748 e. The van der Waals surface area contributed by atoms with Crippen molar-refractivity contribution in [2.45, 2.75) is 26.7 Å². The molecule has 0 unspecified atom stereocenters. The zero-order valence-corrected chi connectivity index (χ0v) is 22.1. The van der Waals surface area contributed by atoms with Crippen LogP contribution in [0, 0.1) is 0 Å². The molecule has 0 atom stereocenters. The van der Waals surface area contributed by atoms with Crippen LogP contribution in [-0.2, 0) is 34.0 Å². The topological polar surface area (TPSA) is 150 Å². The van der Waals surface area contributed by atoms with Crippen LogP contribution in [0.25, 0.3) is 0 Å². The third kappa shape index (κ3) is 21.6. The van der Waals surface area contributed by atoms with Gasteiger partial charge in [-0.15, -0.1) is 0 Å². The molecule has 0 aliphatic rings. The number of nitrogens with zero attached hydrogens (tertiary/aromatic N) is 2. The number of likely N-dealkylation sites (N-methyl/N-ethyl adjacent to an activating group) is 2. The zero-order chi connectivity index (χ0) is 27.2. The molecule has 0 saturated heterocycles. The second-order valence-electron chi connectivity index (χ2n) is 9.34. The number of carbonyl (C=O) groups excluding carboxylic acids is 3. The Morgan fingerprint density at radius 3 is 1.50 bits per heavy atom. The maximum Gasteiger partial charge on any atom is 0.333 e. The summed E-state index contributed by atoms with van der Waals surface area (Å²) in [7, 11) is 3.36. The molecule has 0 fully saturated rings. The van der Waals surface area contributed by atoms with E-state index in [0.717, 1.165) is 0 Å². The van der Waals surface area contributed by atoms with Crippen LogP contribution in [0.1, 0.15) is 26.7 Å². The molecule has 198 valence electrons. The van der Waals surface area contributed by atoms with Crippen LogP contribution in [0.4, 0.5) is 0 Å². The number of carboxylic acid groups (broad SMARTS) is 1. The number of rotatable bonds is 15. The van der Waals surface area contributed by atoms with Crippen LogP contribution in [0.5, 0.6) is 0 Å². The Bertz CT molecular complexity index is 818. The van der Waals surface area contributed by atoms with Crippen molar-refractivity contribution in [1.29, 1.82) is 0 Å². The number of aliphatic carboxylic acids is 1. The fraction of sp³-hybridized carbons (Fsp3) is 0.682. The van der Waals surface area contributed by atoms with E-state index in [2.05, 4.69) is 13.2 Å². The van der Waals surface area contributed by atoms with Crippen molar-refractivity contribution in [3.05, 3.63) is 24.3 Å². The lowest BCUT2D eigenvalue weighted by atomic mass is 10.3. The van der Waals surface area contributed by atoms with Crippen molar-refractivity contribution < 1.29 is 50.9 Å². The predicted octanol–water partition coefficient (Wildman–Crippen LogP) is -0.560. The predicted molar refractivity (Wildman–Crippen MR) is 124 cm³/mol. The molecule has 0 heterocycles. The van der Waals surface area contributed by atoms with Gasteiger partial charge in [-0.05, 0) is 13.8 Å². The van der Waals surface area contributed by atoms with E-state index in [1.54, 1.807) is 13.8 Å². The van der Waals surface area contributed by atoms with Gasteiger partial charge in [0.15, 0.2) is 0 Å². The highest BCUT2D eigenvalue weighted by Crippen LogP contribution is 2.02. The van der Waals surface area contributed by atoms with Crippen molar-refractivity contribution >= 4 is 28.0 Å². The molecular formula is C22H40N2O9S. The van der Waals surface area contributed by atoms with Gasteiger partial charge in [-0.3, -0.25) is 0 Å². The number of carbonyl (C=O) groups is 3. The highest BCUT2D eigenvalue weighted by Gasteiger charge is 2.17. The van der Waals surface area contributed by atoms with E-state index in [0.29, 0.717) is 52.7 Å². The van der Waals surface area contributed by atoms with Crippen LogP contribution < -0.4 is 5.11 Å². The third-order valence-electron chi connectivity index (χ3n) is 4.64. The van der Waals surface area contributed by atoms with Crippen molar-refractivity contribution in [2.75, 3.05) is 73.3 Å². The van der Waals surface area contributed by atoms with Gasteiger partial charge in [0.25, 0.3) is 0 Å². The zero-order valence-electron chi connectivity index (χ0n) is 21.3. The average molecular weight is 509 g/mol. The van der Waals surface area contributed by atoms with Gasteiger partial charge in [0.2, 0.25) is 0 Å². The number of hydrogen-bond acceptors (Lipinski definition) is 9. The molecule has 0 aromatic heterocycles. The molecule has 0 N–H and O–H groups in total. The molecule has 12 heteroatoms. The van der Waals surface area contributed by atoms with Gasteiger partial charge in [0.05, 0.1) is 51.4 Å². The molecule has 0 aromatic rings. The van der Waals surface area contributed by atoms with Gasteiger partial charge in [-0.1, -0.05) is 13.2 Å². The van der Waals surface area contributed by atoms with Gasteiger partial charge in [0, 0.05) is 35.7 Å². The third-order valence-corrected chi connectivity index (χ3v) is 5.42. The largest absolute Gasteiger partial charge is 0.748 e. The Morgan fingerprint density at radius 1 is 0.794 bits per heavy atom. The van der Waals surface area contributed by atoms with Crippen molar-refractivity contribution in [2.24, 2.45) is 0 Å². The minimum absolute atomic E-state index is 0.00142. The lowest BCUT2D eigenvalue weighted by Crippen LogP contribution is -2.45. The first-order valence-corrected chi connectivity index (χ1v) is 12.3. The fourth-order valence-electron chi connectivity index (χ4n) is 2.30. The van der Waals surface area contributed by atoms with Crippen molar-refractivity contribution in [1.82, 2.24) is 0 Å². The quantitative estimate of drug-likeness (QED) is 0.123. The molecule has 11 nitrogen and oxygen atoms in total. The van der Waals surface area contributed by atoms with Crippen molar-refractivity contribution in [3.8, 4) is 0 Å². The smallest absolute Gasteiger partial charge is 0.333 e. The summed E-state index contributed by atoms with van der Waals surface area (Å²) in [4.78, 5) is 32.5. The van der Waals surface area contributed by atoms with E-state index in [1.807, 2.05) is 28.2 Å². The van der Waals surface area contributed by atoms with E-state index in [-0.39, 0.29) is 25.4 Å². The maximum atomic E-state index is 11.1. The molecule has 0 radical (unpaired) electrons. The lowest BCUT2D eigenvalue weighted by Gasteiger charge is -2.29. The highest BCUT2D eigenvalue weighted by molar-refractivity contribution is 7.85. The Hall–Kier alpha value is -2.28. The minimum atomic E-state index is -4.15. The molecule has 0 bridgehead atoms. The number of carboxylic acids is 1. The number of quaternary nitrogens is 2. The second-order valence-corrected chi connectivity index (χ2v) is 10.9. The lowest BCUT2D eigenvalue weighted by molar-refractivity contribution is -0.890. The summed E-state index contributed by atoms with van der Waals surface area (Å²) in [6.07, 6.45) is 0.300. The fourth-order valence-corrected chi connectivity index (χ4v) is 2.79. The van der Waals surface area contributed by atoms with Gasteiger partial charge in [-0.25, -0.2) is 18.0 Å². The van der Waals surface area contributed by atoms with Gasteiger partial charge < -0.3 is 32.9 Å². The van der Waals surface area contributed by atoms with Crippen LogP contribution in [0.2, 0.25) is 0 Å². The first-order chi connectivity index (χ1) is 15.3. The molecule has 0 aliphatic heterocycles. The highest BCUT2D eigenvalue weighted by atomic mass is 32.2. The van der Waals surface area contributed by atoms with Gasteiger partial charge in [-0.2, -0.15) is 0 Å². The molecule has 0 saturated carbocycles. The molecule has 0 aliphatic carbocycles. The molecule has 34 heavy (non-hydrogen) atoms. The van der Waals surface area contributed by atoms with Crippen LogP contribution >= 0.6 is 0 Å². The molecule has 0 rings (SSSR count). The Morgan fingerprint density at radius 2 is 1.18 bits per heavy atom. The van der Waals surface area contributed by atoms with E-state index in [4.69, 9.17) is 9.47 Å². The van der Waals surface area contributed by atoms with Crippen molar-refractivity contribution in [3.63, 3.8) is 0 Å². The number of hydrogen-bond donors (Lipinski definition) is 0. The van der Waals surface area contributed by atoms with Crippen LogP contribution in [0.15, 0.2) is 24.3 Å². The first kappa shape index (κ1) is 33.9. The standard InChI is InChI=1S/C11H21NO5S.C11H19NO4/c1-10(2)11(13)17-8-7-12(3,4)6-5-9-18(14,15)16;1-9(2)11(15)16-8-7-12(3,4)6-5-10(13)14/h1,5-9H2,2-4H3;1,5-8H2,2-4H3. The molecule has 0 spiro atoms. The van der Waals surface area contributed by atoms with Crippen LogP contribution in [-0.4, -0.2) is 113 Å². The number of ether oxygens (including phenoxy) is 2. The Labute approximate surface area is 203 Å². The van der Waals surface area contributed by atoms with E-state index >= 15 is 0 Å². The second kappa shape index (κ2) is 15.6. The van der Waals surface area contributed by atoms with E-state index in [9.17, 15) is 32.5 Å². The SMILES string of the molecule is C=C(C)C(=O)OCC[N+](C)(C)CCC(=O)[O-].C=C(C)C(=O)OCC[N+](C)(C)CCCS(=O)(=O)[O-]. The summed E-state index contributed by atoms with van der Waals surface area (Å²) in [5, 5.41) is 10.3. The summed E-state index contributed by atoms with van der Waals surface area (Å²) < 4.78 is 42.2. The summed E-state index contributed by atoms with van der Waals surface area (Å²) in [5.41, 5.74) is 0.706. The number of esters is 2. The average Bonchev–Trinajstić information content (AvgIpc) is 2.65. The van der Waals surface area contributed by atoms with E-state index in [1.165, 1.54) is 0 Å². The Kier molecular flexibility index (Phi) is 15.5. The van der Waals surface area contributed by atoms with E-state index < -0.39 is 28.0 Å². The van der Waals surface area contributed by atoms with Crippen LogP contribution in [0.3, 0.4) is 0 Å². The summed E-state index contributed by atoms with van der Waals surface area (Å²) in [5.74, 6) is -2.28. The molecule has 0 aromatic carbocycles. The normalized spacial score (nSPS) is 11.6. The molecular weight excluding hydrogens is 468 g/mol. The van der Waals surface area contributed by atoms with Gasteiger partial charge in [0.1, 0.15) is 26.3 Å². The molecule has 0 amide bonds. The Balaban J connectivity index is 0. The summed E-state index contributed by atoms with van der Waals surface area (Å²) >= 11 is 0. The summed E-state index contributed by atoms with van der Waals surface area (Å²) in [6.45, 7) is 12.7. The maximum absolute atomic E-state index is 11.1. The summed E-state index contributed by atoms with van der Waals surface area (Å²) in [6, 6.07) is 0.